The summed E-state index contributed by atoms with van der Waals surface area (Å²) >= 11 is 0. The highest BCUT2D eigenvalue weighted by Crippen LogP contribution is 2.41. The van der Waals surface area contributed by atoms with Crippen LogP contribution in [0.25, 0.3) is 0 Å². The van der Waals surface area contributed by atoms with Gasteiger partial charge in [0.05, 0.1) is 36.0 Å². The lowest BCUT2D eigenvalue weighted by Gasteiger charge is -2.23. The first-order chi connectivity index (χ1) is 13.0. The fourth-order valence-corrected chi connectivity index (χ4v) is 5.94. The lowest BCUT2D eigenvalue weighted by Crippen LogP contribution is -2.35. The van der Waals surface area contributed by atoms with Gasteiger partial charge in [0.1, 0.15) is 15.9 Å². The summed E-state index contributed by atoms with van der Waals surface area (Å²) in [7, 11) is -2.87. The van der Waals surface area contributed by atoms with Crippen LogP contribution < -0.4 is 4.90 Å². The molecule has 0 N–H and O–H groups in total. The lowest BCUT2D eigenvalue weighted by atomic mass is 9.91. The van der Waals surface area contributed by atoms with Gasteiger partial charge >= 0.3 is 6.09 Å². The molecule has 2 atom stereocenters. The van der Waals surface area contributed by atoms with Crippen molar-refractivity contribution < 1.29 is 17.9 Å². The molecule has 3 aliphatic heterocycles. The molecule has 0 bridgehead atoms. The van der Waals surface area contributed by atoms with E-state index in [4.69, 9.17) is 4.74 Å². The number of anilines is 1. The van der Waals surface area contributed by atoms with Crippen LogP contribution in [0.15, 0.2) is 30.6 Å². The predicted molar refractivity (Wildman–Crippen MR) is 97.3 cm³/mol. The van der Waals surface area contributed by atoms with Gasteiger partial charge in [-0.3, -0.25) is 4.90 Å². The van der Waals surface area contributed by atoms with Gasteiger partial charge in [0.15, 0.2) is 0 Å². The van der Waals surface area contributed by atoms with Gasteiger partial charge in [-0.05, 0) is 42.4 Å². The molecule has 0 saturated carbocycles. The van der Waals surface area contributed by atoms with Crippen molar-refractivity contribution in [2.45, 2.75) is 43.9 Å². The molecule has 1 aromatic heterocycles. The van der Waals surface area contributed by atoms with Gasteiger partial charge in [0.25, 0.3) is 0 Å². The molecule has 142 valence electrons. The van der Waals surface area contributed by atoms with Crippen LogP contribution in [0.1, 0.15) is 29.9 Å². The Hall–Kier alpha value is -2.42. The minimum absolute atomic E-state index is 0.0429. The average molecular weight is 388 g/mol. The van der Waals surface area contributed by atoms with E-state index < -0.39 is 9.84 Å². The van der Waals surface area contributed by atoms with E-state index in [1.807, 2.05) is 12.1 Å². The Labute approximate surface area is 157 Å². The fraction of sp³-hybridized carbons (Fsp3) is 0.500. The van der Waals surface area contributed by atoms with Gasteiger partial charge in [-0.25, -0.2) is 17.9 Å². The third kappa shape index (κ3) is 2.90. The molecule has 2 fully saturated rings. The molecule has 9 heteroatoms. The number of rotatable bonds is 3. The van der Waals surface area contributed by atoms with Gasteiger partial charge in [0, 0.05) is 6.20 Å². The Kier molecular flexibility index (Phi) is 3.75. The SMILES string of the molecule is O=C1O[C@@H](Cn2ccnn2)[C@@H]2Cc3cc(C4CCS(=O)(=O)CC4)ccc3N12. The van der Waals surface area contributed by atoms with Crippen molar-refractivity contribution in [3.05, 3.63) is 41.7 Å². The van der Waals surface area contributed by atoms with Crippen LogP contribution in [-0.4, -0.2) is 53.2 Å². The van der Waals surface area contributed by atoms with Crippen LogP contribution in [0.5, 0.6) is 0 Å². The molecule has 1 aromatic carbocycles. The smallest absolute Gasteiger partial charge is 0.415 e. The summed E-state index contributed by atoms with van der Waals surface area (Å²) in [5.74, 6) is 0.790. The van der Waals surface area contributed by atoms with Crippen molar-refractivity contribution in [3.63, 3.8) is 0 Å². The molecule has 1 amide bonds. The van der Waals surface area contributed by atoms with Crippen LogP contribution in [0.3, 0.4) is 0 Å². The van der Waals surface area contributed by atoms with E-state index in [0.717, 1.165) is 17.7 Å². The first kappa shape index (κ1) is 16.7. The monoisotopic (exact) mass is 388 g/mol. The highest BCUT2D eigenvalue weighted by molar-refractivity contribution is 7.91. The minimum atomic E-state index is -2.87. The van der Waals surface area contributed by atoms with Crippen molar-refractivity contribution in [2.24, 2.45) is 0 Å². The van der Waals surface area contributed by atoms with Gasteiger partial charge in [-0.2, -0.15) is 0 Å². The van der Waals surface area contributed by atoms with Crippen molar-refractivity contribution in [1.29, 1.82) is 0 Å². The Morgan fingerprint density at radius 1 is 1.22 bits per heavy atom. The molecule has 8 nitrogen and oxygen atoms in total. The van der Waals surface area contributed by atoms with E-state index in [2.05, 4.69) is 16.4 Å². The van der Waals surface area contributed by atoms with Crippen LogP contribution in [0, 0.1) is 0 Å². The maximum Gasteiger partial charge on any atom is 0.415 e. The molecule has 0 spiro atoms. The number of cyclic esters (lactones) is 1. The molecule has 0 radical (unpaired) electrons. The number of sulfone groups is 1. The number of benzene rings is 1. The number of ether oxygens (including phenoxy) is 1. The van der Waals surface area contributed by atoms with E-state index in [-0.39, 0.29) is 35.7 Å². The third-order valence-electron chi connectivity index (χ3n) is 5.87. The van der Waals surface area contributed by atoms with E-state index in [9.17, 15) is 13.2 Å². The molecular formula is C18H20N4O4S. The molecule has 0 unspecified atom stereocenters. The molecule has 0 aliphatic carbocycles. The summed E-state index contributed by atoms with van der Waals surface area (Å²) < 4.78 is 30.6. The van der Waals surface area contributed by atoms with Crippen molar-refractivity contribution in [3.8, 4) is 0 Å². The Balaban J connectivity index is 1.38. The van der Waals surface area contributed by atoms with Gasteiger partial charge in [0.2, 0.25) is 0 Å². The summed E-state index contributed by atoms with van der Waals surface area (Å²) in [6.45, 7) is 0.480. The van der Waals surface area contributed by atoms with Gasteiger partial charge in [-0.15, -0.1) is 5.10 Å². The molecular weight excluding hydrogens is 368 g/mol. The van der Waals surface area contributed by atoms with Gasteiger partial charge < -0.3 is 4.74 Å². The third-order valence-corrected chi connectivity index (χ3v) is 7.58. The standard InChI is InChI=1S/C18H20N4O4S/c23-18-22-15-2-1-13(12-3-7-27(24,25)8-4-12)9-14(15)10-16(22)17(26-18)11-21-6-5-19-20-21/h1-2,5-6,9,12,16-17H,3-4,7-8,10-11H2/t16-,17-/m0/s1. The van der Waals surface area contributed by atoms with Crippen LogP contribution in [-0.2, 0) is 27.5 Å². The van der Waals surface area contributed by atoms with E-state index in [1.165, 1.54) is 5.56 Å². The molecule has 5 rings (SSSR count). The second-order valence-electron chi connectivity index (χ2n) is 7.50. The zero-order valence-corrected chi connectivity index (χ0v) is 15.5. The van der Waals surface area contributed by atoms with Crippen LogP contribution >= 0.6 is 0 Å². The zero-order chi connectivity index (χ0) is 18.6. The zero-order valence-electron chi connectivity index (χ0n) is 14.7. The van der Waals surface area contributed by atoms with Gasteiger partial charge in [-0.1, -0.05) is 17.3 Å². The number of hydrogen-bond donors (Lipinski definition) is 0. The van der Waals surface area contributed by atoms with E-state index in [1.54, 1.807) is 22.0 Å². The van der Waals surface area contributed by atoms with Crippen molar-refractivity contribution in [1.82, 2.24) is 15.0 Å². The summed E-state index contributed by atoms with van der Waals surface area (Å²) in [5.41, 5.74) is 3.20. The number of nitrogens with zero attached hydrogens (tertiary/aromatic N) is 4. The first-order valence-electron chi connectivity index (χ1n) is 9.17. The van der Waals surface area contributed by atoms with Crippen LogP contribution in [0.2, 0.25) is 0 Å². The number of hydrogen-bond acceptors (Lipinski definition) is 6. The largest absolute Gasteiger partial charge is 0.442 e. The molecule has 3 aliphatic rings. The first-order valence-corrected chi connectivity index (χ1v) is 11.0. The number of carbonyl (C=O) groups excluding carboxylic acids is 1. The summed E-state index contributed by atoms with van der Waals surface area (Å²) in [5, 5.41) is 7.76. The summed E-state index contributed by atoms with van der Waals surface area (Å²) in [4.78, 5) is 14.1. The predicted octanol–water partition coefficient (Wildman–Crippen LogP) is 1.52. The molecule has 27 heavy (non-hydrogen) atoms. The van der Waals surface area contributed by atoms with E-state index in [0.29, 0.717) is 19.4 Å². The summed E-state index contributed by atoms with van der Waals surface area (Å²) in [6.07, 6.45) is 4.85. The Morgan fingerprint density at radius 3 is 2.78 bits per heavy atom. The molecule has 4 heterocycles. The summed E-state index contributed by atoms with van der Waals surface area (Å²) in [6, 6.07) is 6.11. The fourth-order valence-electron chi connectivity index (χ4n) is 4.45. The maximum atomic E-state index is 12.4. The number of fused-ring (bicyclic) bond motifs is 3. The highest BCUT2D eigenvalue weighted by atomic mass is 32.2. The maximum absolute atomic E-state index is 12.4. The van der Waals surface area contributed by atoms with Crippen LogP contribution in [0.4, 0.5) is 10.5 Å². The molecule has 2 aromatic rings. The minimum Gasteiger partial charge on any atom is -0.442 e. The number of carbonyl (C=O) groups is 1. The second kappa shape index (κ2) is 6.05. The highest BCUT2D eigenvalue weighted by Gasteiger charge is 2.47. The Bertz CT molecular complexity index is 975. The topological polar surface area (TPSA) is 94.4 Å². The quantitative estimate of drug-likeness (QED) is 0.791. The normalized spacial score (nSPS) is 26.7. The average Bonchev–Trinajstić information content (AvgIpc) is 3.33. The Morgan fingerprint density at radius 2 is 2.04 bits per heavy atom. The second-order valence-corrected chi connectivity index (χ2v) is 9.81. The lowest BCUT2D eigenvalue weighted by molar-refractivity contribution is 0.117. The van der Waals surface area contributed by atoms with Crippen molar-refractivity contribution >= 4 is 21.6 Å². The van der Waals surface area contributed by atoms with Crippen molar-refractivity contribution in [2.75, 3.05) is 16.4 Å². The van der Waals surface area contributed by atoms with E-state index >= 15 is 0 Å². The molecule has 2 saturated heterocycles. The number of amides is 1. The number of aromatic nitrogens is 3.